The predicted octanol–water partition coefficient (Wildman–Crippen LogP) is 4.40. The van der Waals surface area contributed by atoms with Crippen molar-refractivity contribution >= 4 is 43.2 Å². The summed E-state index contributed by atoms with van der Waals surface area (Å²) < 4.78 is 30.6. The molecule has 6 nitrogen and oxygen atoms in total. The van der Waals surface area contributed by atoms with E-state index in [2.05, 4.69) is 35.7 Å². The third kappa shape index (κ3) is 4.30. The van der Waals surface area contributed by atoms with Gasteiger partial charge in [-0.2, -0.15) is 4.99 Å². The minimum Gasteiger partial charge on any atom is -0.319 e. The third-order valence-electron chi connectivity index (χ3n) is 5.04. The molecule has 1 N–H and O–H groups in total. The second kappa shape index (κ2) is 8.13. The van der Waals surface area contributed by atoms with Gasteiger partial charge >= 0.3 is 0 Å². The zero-order valence-electron chi connectivity index (χ0n) is 17.3. The molecule has 3 aromatic carbocycles. The zero-order chi connectivity index (χ0) is 22.2. The van der Waals surface area contributed by atoms with Gasteiger partial charge in [-0.15, -0.1) is 0 Å². The number of amides is 1. The van der Waals surface area contributed by atoms with Crippen molar-refractivity contribution in [2.45, 2.75) is 18.7 Å². The number of carbonyl (C=O) groups is 1. The van der Waals surface area contributed by atoms with Crippen LogP contribution in [0.2, 0.25) is 0 Å². The van der Waals surface area contributed by atoms with Crippen LogP contribution in [0, 0.1) is 13.8 Å². The van der Waals surface area contributed by atoms with Crippen molar-refractivity contribution in [1.29, 1.82) is 0 Å². The normalized spacial score (nSPS) is 12.3. The van der Waals surface area contributed by atoms with Crippen molar-refractivity contribution in [1.82, 2.24) is 4.57 Å². The van der Waals surface area contributed by atoms with E-state index >= 15 is 0 Å². The number of sulfonamides is 1. The Labute approximate surface area is 184 Å². The van der Waals surface area contributed by atoms with Crippen LogP contribution in [-0.4, -0.2) is 18.9 Å². The van der Waals surface area contributed by atoms with Crippen molar-refractivity contribution in [3.8, 4) is 0 Å². The maximum atomic E-state index is 12.8. The predicted molar refractivity (Wildman–Crippen MR) is 124 cm³/mol. The van der Waals surface area contributed by atoms with Gasteiger partial charge in [-0.1, -0.05) is 35.6 Å². The first-order chi connectivity index (χ1) is 14.7. The fraction of sp³-hybridized carbons (Fsp3) is 0.130. The molecule has 1 heterocycles. The summed E-state index contributed by atoms with van der Waals surface area (Å²) in [5.74, 6) is -0.434. The molecule has 8 heteroatoms. The van der Waals surface area contributed by atoms with Gasteiger partial charge in [0.05, 0.1) is 15.1 Å². The van der Waals surface area contributed by atoms with Gasteiger partial charge in [0.2, 0.25) is 0 Å². The van der Waals surface area contributed by atoms with Gasteiger partial charge in [0, 0.05) is 18.3 Å². The smallest absolute Gasteiger partial charge is 0.279 e. The zero-order valence-corrected chi connectivity index (χ0v) is 18.9. The molecule has 4 aromatic rings. The van der Waals surface area contributed by atoms with E-state index < -0.39 is 15.9 Å². The molecule has 0 unspecified atom stereocenters. The first kappa shape index (κ1) is 21.0. The fourth-order valence-electron chi connectivity index (χ4n) is 3.17. The SMILES string of the molecule is Cc1cc2sc(=NC(=O)c3cccc(NS(=O)(=O)c4ccccc4)c3)n(C)c2cc1C. The van der Waals surface area contributed by atoms with E-state index in [4.69, 9.17) is 0 Å². The number of aromatic nitrogens is 1. The monoisotopic (exact) mass is 451 g/mol. The lowest BCUT2D eigenvalue weighted by atomic mass is 10.1. The molecule has 0 radical (unpaired) electrons. The summed E-state index contributed by atoms with van der Waals surface area (Å²) in [7, 11) is -1.86. The Bertz CT molecular complexity index is 1470. The molecule has 0 aliphatic rings. The number of carbonyl (C=O) groups excluding carboxylic acids is 1. The minimum absolute atomic E-state index is 0.152. The second-order valence-electron chi connectivity index (χ2n) is 7.26. The van der Waals surface area contributed by atoms with E-state index in [1.165, 1.54) is 40.7 Å². The molecule has 0 atom stereocenters. The first-order valence-corrected chi connectivity index (χ1v) is 11.9. The maximum Gasteiger partial charge on any atom is 0.279 e. The summed E-state index contributed by atoms with van der Waals surface area (Å²) in [4.78, 5) is 17.8. The number of hydrogen-bond donors (Lipinski definition) is 1. The van der Waals surface area contributed by atoms with Crippen LogP contribution in [0.4, 0.5) is 5.69 Å². The molecule has 0 fully saturated rings. The van der Waals surface area contributed by atoms with Gasteiger partial charge < -0.3 is 4.57 Å². The van der Waals surface area contributed by atoms with Crippen molar-refractivity contribution in [3.63, 3.8) is 0 Å². The average Bonchev–Trinajstić information content (AvgIpc) is 3.03. The molecule has 0 saturated heterocycles. The van der Waals surface area contributed by atoms with E-state index in [1.807, 2.05) is 11.6 Å². The van der Waals surface area contributed by atoms with Gasteiger partial charge in [0.1, 0.15) is 0 Å². The molecule has 1 amide bonds. The number of hydrogen-bond acceptors (Lipinski definition) is 4. The van der Waals surface area contributed by atoms with Gasteiger partial charge in [-0.05, 0) is 67.4 Å². The molecule has 1 aromatic heterocycles. The molecule has 0 aliphatic carbocycles. The van der Waals surface area contributed by atoms with Crippen LogP contribution >= 0.6 is 11.3 Å². The summed E-state index contributed by atoms with van der Waals surface area (Å²) >= 11 is 1.45. The van der Waals surface area contributed by atoms with Crippen LogP contribution in [0.3, 0.4) is 0 Å². The van der Waals surface area contributed by atoms with E-state index in [9.17, 15) is 13.2 Å². The molecule has 0 saturated carbocycles. The number of rotatable bonds is 4. The van der Waals surface area contributed by atoms with Crippen molar-refractivity contribution < 1.29 is 13.2 Å². The van der Waals surface area contributed by atoms with Gasteiger partial charge in [0.25, 0.3) is 15.9 Å². The Balaban J connectivity index is 1.66. The maximum absolute atomic E-state index is 12.8. The van der Waals surface area contributed by atoms with Crippen molar-refractivity contribution in [2.75, 3.05) is 4.72 Å². The Morgan fingerprint density at radius 1 is 0.968 bits per heavy atom. The number of nitrogens with one attached hydrogen (secondary N) is 1. The Morgan fingerprint density at radius 2 is 1.68 bits per heavy atom. The molecule has 158 valence electrons. The lowest BCUT2D eigenvalue weighted by Gasteiger charge is -2.08. The highest BCUT2D eigenvalue weighted by atomic mass is 32.2. The van der Waals surface area contributed by atoms with E-state index in [0.29, 0.717) is 16.1 Å². The van der Waals surface area contributed by atoms with Crippen LogP contribution in [0.1, 0.15) is 21.5 Å². The lowest BCUT2D eigenvalue weighted by Crippen LogP contribution is -2.14. The molecule has 31 heavy (non-hydrogen) atoms. The molecule has 0 bridgehead atoms. The highest BCUT2D eigenvalue weighted by Crippen LogP contribution is 2.22. The Hall–Kier alpha value is -3.23. The highest BCUT2D eigenvalue weighted by Gasteiger charge is 2.15. The topological polar surface area (TPSA) is 80.5 Å². The van der Waals surface area contributed by atoms with Crippen LogP contribution in [0.15, 0.2) is 76.6 Å². The van der Waals surface area contributed by atoms with E-state index in [-0.39, 0.29) is 4.90 Å². The van der Waals surface area contributed by atoms with Gasteiger partial charge in [-0.25, -0.2) is 8.42 Å². The number of benzene rings is 3. The van der Waals surface area contributed by atoms with Gasteiger partial charge in [0.15, 0.2) is 4.80 Å². The third-order valence-corrected chi connectivity index (χ3v) is 7.53. The number of fused-ring (bicyclic) bond motifs is 1. The van der Waals surface area contributed by atoms with Crippen LogP contribution in [0.5, 0.6) is 0 Å². The Morgan fingerprint density at radius 3 is 2.42 bits per heavy atom. The highest BCUT2D eigenvalue weighted by molar-refractivity contribution is 7.92. The van der Waals surface area contributed by atoms with E-state index in [0.717, 1.165) is 10.2 Å². The molecule has 0 aliphatic heterocycles. The minimum atomic E-state index is -3.74. The summed E-state index contributed by atoms with van der Waals surface area (Å²) in [6.45, 7) is 4.11. The fourth-order valence-corrected chi connectivity index (χ4v) is 5.33. The number of nitrogens with zero attached hydrogens (tertiary/aromatic N) is 2. The average molecular weight is 452 g/mol. The number of anilines is 1. The second-order valence-corrected chi connectivity index (χ2v) is 9.96. The summed E-state index contributed by atoms with van der Waals surface area (Å²) in [6, 6.07) is 18.6. The summed E-state index contributed by atoms with van der Waals surface area (Å²) in [5.41, 5.74) is 3.99. The van der Waals surface area contributed by atoms with Crippen LogP contribution in [-0.2, 0) is 17.1 Å². The molecular weight excluding hydrogens is 430 g/mol. The summed E-state index contributed by atoms with van der Waals surface area (Å²) in [6.07, 6.45) is 0. The van der Waals surface area contributed by atoms with E-state index in [1.54, 1.807) is 36.4 Å². The standard InChI is InChI=1S/C23H21N3O3S2/c1-15-12-20-21(13-16(15)2)30-23(26(20)3)24-22(27)17-8-7-9-18(14-17)25-31(28,29)19-10-5-4-6-11-19/h4-14,25H,1-3H3. The number of thiazole rings is 1. The largest absolute Gasteiger partial charge is 0.319 e. The Kier molecular flexibility index (Phi) is 5.51. The van der Waals surface area contributed by atoms with Crippen molar-refractivity contribution in [2.24, 2.45) is 12.0 Å². The molecular formula is C23H21N3O3S2. The molecule has 4 rings (SSSR count). The first-order valence-electron chi connectivity index (χ1n) is 9.58. The van der Waals surface area contributed by atoms with Crippen molar-refractivity contribution in [3.05, 3.63) is 88.2 Å². The molecule has 0 spiro atoms. The van der Waals surface area contributed by atoms with Crippen LogP contribution < -0.4 is 9.52 Å². The number of aryl methyl sites for hydroxylation is 3. The lowest BCUT2D eigenvalue weighted by molar-refractivity contribution is 0.0998. The van der Waals surface area contributed by atoms with Gasteiger partial charge in [-0.3, -0.25) is 9.52 Å². The summed E-state index contributed by atoms with van der Waals surface area (Å²) in [5, 5.41) is 0. The van der Waals surface area contributed by atoms with Crippen LogP contribution in [0.25, 0.3) is 10.2 Å². The quantitative estimate of drug-likeness (QED) is 0.499.